The van der Waals surface area contributed by atoms with E-state index in [1.54, 1.807) is 0 Å². The number of esters is 1. The van der Waals surface area contributed by atoms with E-state index < -0.39 is 0 Å². The Hall–Kier alpha value is -0.960. The molecule has 0 aliphatic heterocycles. The molecule has 0 unspecified atom stereocenters. The normalized spacial score (nSPS) is 10.4. The highest BCUT2D eigenvalue weighted by Crippen LogP contribution is 2.15. The minimum atomic E-state index is -0.0848. The molecule has 0 aliphatic carbocycles. The molecule has 0 heterocycles. The van der Waals surface area contributed by atoms with Crippen LogP contribution in [0.2, 0.25) is 0 Å². The molecule has 3 heteroatoms. The number of benzene rings is 1. The zero-order valence-corrected chi connectivity index (χ0v) is 12.6. The Balaban J connectivity index is 1.85. The quantitative estimate of drug-likeness (QED) is 0.468. The van der Waals surface area contributed by atoms with Crippen LogP contribution in [0.3, 0.4) is 0 Å². The van der Waals surface area contributed by atoms with Crippen molar-refractivity contribution >= 4 is 17.7 Å². The molecule has 1 aromatic rings. The fourth-order valence-corrected chi connectivity index (χ4v) is 2.85. The monoisotopic (exact) mass is 280 g/mol. The van der Waals surface area contributed by atoms with Crippen LogP contribution in [-0.4, -0.2) is 18.8 Å². The molecule has 2 nitrogen and oxygen atoms in total. The Labute approximate surface area is 120 Å². The van der Waals surface area contributed by atoms with Crippen molar-refractivity contribution in [3.8, 4) is 0 Å². The Bertz CT molecular complexity index is 338. The van der Waals surface area contributed by atoms with Gasteiger partial charge in [0, 0.05) is 12.2 Å². The number of carbonyl (C=O) groups is 1. The third kappa shape index (κ3) is 8.71. The second kappa shape index (κ2) is 10.9. The highest BCUT2D eigenvalue weighted by atomic mass is 32.2. The fourth-order valence-electron chi connectivity index (χ4n) is 1.87. The number of rotatable bonds is 10. The molecule has 0 aliphatic rings. The summed E-state index contributed by atoms with van der Waals surface area (Å²) in [5.41, 5.74) is 1.41. The molecule has 1 rings (SSSR count). The maximum absolute atomic E-state index is 10.9. The van der Waals surface area contributed by atoms with E-state index in [1.807, 2.05) is 11.8 Å². The van der Waals surface area contributed by atoms with Crippen LogP contribution in [0.4, 0.5) is 0 Å². The first kappa shape index (κ1) is 16.1. The summed E-state index contributed by atoms with van der Waals surface area (Å²) in [4.78, 5) is 10.9. The average Bonchev–Trinajstić information content (AvgIpc) is 2.46. The average molecular weight is 280 g/mol. The highest BCUT2D eigenvalue weighted by molar-refractivity contribution is 7.98. The van der Waals surface area contributed by atoms with Crippen molar-refractivity contribution in [3.63, 3.8) is 0 Å². The number of unbranched alkanes of at least 4 members (excludes halogenated alkanes) is 4. The summed E-state index contributed by atoms with van der Waals surface area (Å²) in [5.74, 6) is 2.26. The van der Waals surface area contributed by atoms with Gasteiger partial charge in [0.2, 0.25) is 0 Å². The predicted molar refractivity (Wildman–Crippen MR) is 82.3 cm³/mol. The van der Waals surface area contributed by atoms with E-state index in [0.717, 1.165) is 18.6 Å². The summed E-state index contributed by atoms with van der Waals surface area (Å²) in [5, 5.41) is 0. The summed E-state index contributed by atoms with van der Waals surface area (Å²) in [6, 6.07) is 10.6. The van der Waals surface area contributed by atoms with Crippen molar-refractivity contribution in [1.29, 1.82) is 0 Å². The van der Waals surface area contributed by atoms with Crippen LogP contribution < -0.4 is 0 Å². The van der Waals surface area contributed by atoms with Crippen molar-refractivity contribution in [2.24, 2.45) is 0 Å². The predicted octanol–water partition coefficient (Wildman–Crippen LogP) is 4.43. The zero-order valence-electron chi connectivity index (χ0n) is 11.8. The molecule has 0 spiro atoms. The largest absolute Gasteiger partial charge is 0.469 e. The SMILES string of the molecule is COC(=O)CCCCCCCSCc1ccccc1. The van der Waals surface area contributed by atoms with Gasteiger partial charge in [-0.15, -0.1) is 0 Å². The summed E-state index contributed by atoms with van der Waals surface area (Å²) in [7, 11) is 1.45. The van der Waals surface area contributed by atoms with Gasteiger partial charge in [0.1, 0.15) is 0 Å². The van der Waals surface area contributed by atoms with Crippen molar-refractivity contribution in [3.05, 3.63) is 35.9 Å². The summed E-state index contributed by atoms with van der Waals surface area (Å²) in [6.45, 7) is 0. The van der Waals surface area contributed by atoms with Gasteiger partial charge in [-0.1, -0.05) is 49.6 Å². The third-order valence-electron chi connectivity index (χ3n) is 3.01. The lowest BCUT2D eigenvalue weighted by Crippen LogP contribution is -1.99. The van der Waals surface area contributed by atoms with E-state index in [0.29, 0.717) is 6.42 Å². The molecule has 0 saturated carbocycles. The van der Waals surface area contributed by atoms with Gasteiger partial charge in [0.05, 0.1) is 7.11 Å². The topological polar surface area (TPSA) is 26.3 Å². The number of hydrogen-bond acceptors (Lipinski definition) is 3. The zero-order chi connectivity index (χ0) is 13.8. The molecule has 0 amide bonds. The van der Waals surface area contributed by atoms with Crippen LogP contribution in [0.15, 0.2) is 30.3 Å². The van der Waals surface area contributed by atoms with Crippen LogP contribution >= 0.6 is 11.8 Å². The lowest BCUT2D eigenvalue weighted by atomic mass is 10.1. The molecule has 106 valence electrons. The van der Waals surface area contributed by atoms with Gasteiger partial charge in [-0.3, -0.25) is 4.79 Å². The standard InChI is InChI=1S/C16H24O2S/c1-18-16(17)12-8-3-2-4-9-13-19-14-15-10-6-5-7-11-15/h5-7,10-11H,2-4,8-9,12-14H2,1H3. The van der Waals surface area contributed by atoms with Gasteiger partial charge < -0.3 is 4.74 Å². The van der Waals surface area contributed by atoms with Gasteiger partial charge in [-0.05, 0) is 24.2 Å². The molecular formula is C16H24O2S. The second-order valence-electron chi connectivity index (χ2n) is 4.63. The molecule has 0 aromatic heterocycles. The fraction of sp³-hybridized carbons (Fsp3) is 0.562. The summed E-state index contributed by atoms with van der Waals surface area (Å²) in [6.07, 6.45) is 6.43. The maximum Gasteiger partial charge on any atom is 0.305 e. The first-order chi connectivity index (χ1) is 9.33. The second-order valence-corrected chi connectivity index (χ2v) is 5.74. The van der Waals surface area contributed by atoms with Crippen molar-refractivity contribution in [1.82, 2.24) is 0 Å². The molecule has 1 aromatic carbocycles. The minimum Gasteiger partial charge on any atom is -0.469 e. The Morgan fingerprint density at radius 3 is 2.47 bits per heavy atom. The number of methoxy groups -OCH3 is 1. The van der Waals surface area contributed by atoms with Crippen LogP contribution in [0.25, 0.3) is 0 Å². The Morgan fingerprint density at radius 1 is 1.05 bits per heavy atom. The first-order valence-electron chi connectivity index (χ1n) is 7.01. The van der Waals surface area contributed by atoms with E-state index in [2.05, 4.69) is 35.1 Å². The van der Waals surface area contributed by atoms with Gasteiger partial charge >= 0.3 is 5.97 Å². The smallest absolute Gasteiger partial charge is 0.305 e. The van der Waals surface area contributed by atoms with E-state index >= 15 is 0 Å². The molecular weight excluding hydrogens is 256 g/mol. The lowest BCUT2D eigenvalue weighted by molar-refractivity contribution is -0.140. The molecule has 0 radical (unpaired) electrons. The Morgan fingerprint density at radius 2 is 1.74 bits per heavy atom. The lowest BCUT2D eigenvalue weighted by Gasteiger charge is -2.03. The third-order valence-corrected chi connectivity index (χ3v) is 4.12. The molecule has 0 atom stereocenters. The van der Waals surface area contributed by atoms with Gasteiger partial charge in [0.15, 0.2) is 0 Å². The molecule has 19 heavy (non-hydrogen) atoms. The van der Waals surface area contributed by atoms with Crippen LogP contribution in [0, 0.1) is 0 Å². The number of hydrogen-bond donors (Lipinski definition) is 0. The van der Waals surface area contributed by atoms with Crippen LogP contribution in [0.5, 0.6) is 0 Å². The molecule has 0 N–H and O–H groups in total. The van der Waals surface area contributed by atoms with Crippen LogP contribution in [-0.2, 0) is 15.3 Å². The Kier molecular flexibility index (Phi) is 9.25. The molecule has 0 saturated heterocycles. The van der Waals surface area contributed by atoms with Gasteiger partial charge in [-0.2, -0.15) is 11.8 Å². The summed E-state index contributed by atoms with van der Waals surface area (Å²) >= 11 is 2.00. The van der Waals surface area contributed by atoms with E-state index in [1.165, 1.54) is 37.7 Å². The van der Waals surface area contributed by atoms with Crippen LogP contribution in [0.1, 0.15) is 44.1 Å². The van der Waals surface area contributed by atoms with Gasteiger partial charge in [-0.25, -0.2) is 0 Å². The highest BCUT2D eigenvalue weighted by Gasteiger charge is 1.99. The number of thioether (sulfide) groups is 1. The maximum atomic E-state index is 10.9. The number of carbonyl (C=O) groups excluding carboxylic acids is 1. The number of ether oxygens (including phenoxy) is 1. The van der Waals surface area contributed by atoms with E-state index in [9.17, 15) is 4.79 Å². The van der Waals surface area contributed by atoms with Crippen molar-refractivity contribution < 1.29 is 9.53 Å². The van der Waals surface area contributed by atoms with Gasteiger partial charge in [0.25, 0.3) is 0 Å². The van der Waals surface area contributed by atoms with Crippen molar-refractivity contribution in [2.45, 2.75) is 44.3 Å². The molecule has 0 bridgehead atoms. The minimum absolute atomic E-state index is 0.0848. The first-order valence-corrected chi connectivity index (χ1v) is 8.17. The van der Waals surface area contributed by atoms with E-state index in [-0.39, 0.29) is 5.97 Å². The summed E-state index contributed by atoms with van der Waals surface area (Å²) < 4.78 is 4.61. The van der Waals surface area contributed by atoms with Crippen molar-refractivity contribution in [2.75, 3.05) is 12.9 Å². The van der Waals surface area contributed by atoms with E-state index in [4.69, 9.17) is 0 Å². The molecule has 0 fully saturated rings.